The number of benzene rings is 1. The standard InChI is InChI=1S/C12H12ClF2N3/c1-2-9(13)12-7-18(17-16-12)6-8-10(14)4-3-5-11(8)15/h3-5,7,9H,2,6H2,1H3. The first-order valence-electron chi connectivity index (χ1n) is 5.58. The molecule has 0 saturated heterocycles. The van der Waals surface area contributed by atoms with Crippen LogP contribution >= 0.6 is 11.6 Å². The van der Waals surface area contributed by atoms with Gasteiger partial charge in [-0.05, 0) is 18.6 Å². The number of rotatable bonds is 4. The van der Waals surface area contributed by atoms with Gasteiger partial charge in [0.05, 0.1) is 18.1 Å². The molecule has 0 saturated carbocycles. The lowest BCUT2D eigenvalue weighted by Crippen LogP contribution is -2.05. The lowest BCUT2D eigenvalue weighted by atomic mass is 10.2. The van der Waals surface area contributed by atoms with Crippen LogP contribution in [0.1, 0.15) is 30.0 Å². The third-order valence-corrected chi connectivity index (χ3v) is 3.15. The fourth-order valence-corrected chi connectivity index (χ4v) is 1.69. The van der Waals surface area contributed by atoms with Crippen LogP contribution in [0.4, 0.5) is 8.78 Å². The molecule has 0 N–H and O–H groups in total. The molecule has 2 rings (SSSR count). The quantitative estimate of drug-likeness (QED) is 0.799. The summed E-state index contributed by atoms with van der Waals surface area (Å²) in [7, 11) is 0. The maximum atomic E-state index is 13.4. The molecule has 1 aromatic heterocycles. The number of hydrogen-bond acceptors (Lipinski definition) is 2. The van der Waals surface area contributed by atoms with E-state index in [1.165, 1.54) is 22.9 Å². The molecule has 3 nitrogen and oxygen atoms in total. The van der Waals surface area contributed by atoms with E-state index in [4.69, 9.17) is 11.6 Å². The van der Waals surface area contributed by atoms with E-state index >= 15 is 0 Å². The maximum Gasteiger partial charge on any atom is 0.131 e. The highest BCUT2D eigenvalue weighted by Gasteiger charge is 2.13. The molecular weight excluding hydrogens is 260 g/mol. The Hall–Kier alpha value is -1.49. The SMILES string of the molecule is CCC(Cl)c1cn(Cc2c(F)cccc2F)nn1. The van der Waals surface area contributed by atoms with Crippen molar-refractivity contribution in [3.63, 3.8) is 0 Å². The molecule has 0 radical (unpaired) electrons. The summed E-state index contributed by atoms with van der Waals surface area (Å²) in [6.45, 7) is 1.92. The van der Waals surface area contributed by atoms with Crippen molar-refractivity contribution in [3.8, 4) is 0 Å². The van der Waals surface area contributed by atoms with Crippen LogP contribution in [0.5, 0.6) is 0 Å². The van der Waals surface area contributed by atoms with Gasteiger partial charge in [0.2, 0.25) is 0 Å². The van der Waals surface area contributed by atoms with Crippen molar-refractivity contribution in [1.82, 2.24) is 15.0 Å². The molecule has 1 heterocycles. The first kappa shape index (κ1) is 13.0. The Balaban J connectivity index is 2.21. The molecule has 0 bridgehead atoms. The van der Waals surface area contributed by atoms with E-state index in [0.29, 0.717) is 12.1 Å². The highest BCUT2D eigenvalue weighted by molar-refractivity contribution is 6.20. The fourth-order valence-electron chi connectivity index (χ4n) is 1.59. The van der Waals surface area contributed by atoms with Crippen molar-refractivity contribution in [3.05, 3.63) is 47.3 Å². The second kappa shape index (κ2) is 5.44. The number of hydrogen-bond donors (Lipinski definition) is 0. The van der Waals surface area contributed by atoms with Crippen molar-refractivity contribution in [2.75, 3.05) is 0 Å². The van der Waals surface area contributed by atoms with E-state index in [1.54, 1.807) is 6.20 Å². The summed E-state index contributed by atoms with van der Waals surface area (Å²) in [6, 6.07) is 3.76. The minimum absolute atomic E-state index is 0.00116. The fraction of sp³-hybridized carbons (Fsp3) is 0.333. The summed E-state index contributed by atoms with van der Waals surface area (Å²) in [5.41, 5.74) is 0.576. The predicted octanol–water partition coefficient (Wildman–Crippen LogP) is 3.29. The Morgan fingerprint density at radius 2 is 2.00 bits per heavy atom. The van der Waals surface area contributed by atoms with Crippen LogP contribution in [-0.4, -0.2) is 15.0 Å². The summed E-state index contributed by atoms with van der Waals surface area (Å²) in [5.74, 6) is -1.19. The van der Waals surface area contributed by atoms with E-state index in [2.05, 4.69) is 10.3 Å². The molecule has 0 amide bonds. The molecule has 0 aliphatic heterocycles. The highest BCUT2D eigenvalue weighted by atomic mass is 35.5. The largest absolute Gasteiger partial charge is 0.248 e. The average molecular weight is 272 g/mol. The van der Waals surface area contributed by atoms with Gasteiger partial charge in [-0.25, -0.2) is 13.5 Å². The van der Waals surface area contributed by atoms with E-state index in [9.17, 15) is 8.78 Å². The van der Waals surface area contributed by atoms with Gasteiger partial charge in [0.15, 0.2) is 0 Å². The van der Waals surface area contributed by atoms with E-state index in [-0.39, 0.29) is 17.5 Å². The molecule has 1 atom stereocenters. The third-order valence-electron chi connectivity index (χ3n) is 2.62. The van der Waals surface area contributed by atoms with Crippen molar-refractivity contribution in [2.24, 2.45) is 0 Å². The van der Waals surface area contributed by atoms with Crippen molar-refractivity contribution < 1.29 is 8.78 Å². The Kier molecular flexibility index (Phi) is 3.91. The second-order valence-electron chi connectivity index (χ2n) is 3.92. The van der Waals surface area contributed by atoms with E-state index in [1.807, 2.05) is 6.92 Å². The summed E-state index contributed by atoms with van der Waals surface area (Å²) in [4.78, 5) is 0. The zero-order chi connectivity index (χ0) is 13.1. The van der Waals surface area contributed by atoms with Crippen molar-refractivity contribution >= 4 is 11.6 Å². The van der Waals surface area contributed by atoms with Crippen LogP contribution in [0.25, 0.3) is 0 Å². The van der Waals surface area contributed by atoms with Gasteiger partial charge in [-0.3, -0.25) is 0 Å². The highest BCUT2D eigenvalue weighted by Crippen LogP contribution is 2.21. The van der Waals surface area contributed by atoms with Crippen LogP contribution in [-0.2, 0) is 6.54 Å². The second-order valence-corrected chi connectivity index (χ2v) is 4.44. The third kappa shape index (κ3) is 2.67. The van der Waals surface area contributed by atoms with Crippen LogP contribution in [0.15, 0.2) is 24.4 Å². The zero-order valence-electron chi connectivity index (χ0n) is 9.78. The molecular formula is C12H12ClF2N3. The summed E-state index contributed by atoms with van der Waals surface area (Å²) in [5, 5.41) is 7.46. The first-order chi connectivity index (χ1) is 8.61. The molecule has 18 heavy (non-hydrogen) atoms. The van der Waals surface area contributed by atoms with Crippen LogP contribution < -0.4 is 0 Å². The lowest BCUT2D eigenvalue weighted by Gasteiger charge is -2.04. The van der Waals surface area contributed by atoms with Gasteiger partial charge in [-0.1, -0.05) is 18.2 Å². The number of nitrogens with zero attached hydrogens (tertiary/aromatic N) is 3. The molecule has 0 aliphatic carbocycles. The topological polar surface area (TPSA) is 30.7 Å². The Labute approximate surface area is 108 Å². The molecule has 1 unspecified atom stereocenters. The Morgan fingerprint density at radius 3 is 2.61 bits per heavy atom. The first-order valence-corrected chi connectivity index (χ1v) is 6.02. The normalized spacial score (nSPS) is 12.7. The summed E-state index contributed by atoms with van der Waals surface area (Å²) >= 11 is 6.01. The van der Waals surface area contributed by atoms with Gasteiger partial charge in [-0.15, -0.1) is 16.7 Å². The summed E-state index contributed by atoms with van der Waals surface area (Å²) in [6.07, 6.45) is 2.32. The zero-order valence-corrected chi connectivity index (χ0v) is 10.5. The minimum Gasteiger partial charge on any atom is -0.248 e. The van der Waals surface area contributed by atoms with Crippen LogP contribution in [0.3, 0.4) is 0 Å². The molecule has 0 fully saturated rings. The van der Waals surface area contributed by atoms with Gasteiger partial charge in [-0.2, -0.15) is 0 Å². The lowest BCUT2D eigenvalue weighted by molar-refractivity contribution is 0.528. The van der Waals surface area contributed by atoms with Crippen LogP contribution in [0.2, 0.25) is 0 Å². The van der Waals surface area contributed by atoms with E-state index < -0.39 is 11.6 Å². The Morgan fingerprint density at radius 1 is 1.33 bits per heavy atom. The molecule has 96 valence electrons. The molecule has 0 spiro atoms. The van der Waals surface area contributed by atoms with E-state index in [0.717, 1.165) is 0 Å². The minimum atomic E-state index is -0.593. The molecule has 6 heteroatoms. The Bertz CT molecular complexity index is 522. The number of alkyl halides is 1. The average Bonchev–Trinajstić information content (AvgIpc) is 2.81. The molecule has 1 aromatic carbocycles. The monoisotopic (exact) mass is 271 g/mol. The van der Waals surface area contributed by atoms with Gasteiger partial charge < -0.3 is 0 Å². The van der Waals surface area contributed by atoms with Gasteiger partial charge in [0.1, 0.15) is 17.3 Å². The van der Waals surface area contributed by atoms with Crippen molar-refractivity contribution in [1.29, 1.82) is 0 Å². The predicted molar refractivity (Wildman–Crippen MR) is 64.4 cm³/mol. The number of aromatic nitrogens is 3. The van der Waals surface area contributed by atoms with Crippen molar-refractivity contribution in [2.45, 2.75) is 25.3 Å². The maximum absolute atomic E-state index is 13.4. The smallest absolute Gasteiger partial charge is 0.131 e. The summed E-state index contributed by atoms with van der Waals surface area (Å²) < 4.78 is 28.3. The van der Waals surface area contributed by atoms with Gasteiger partial charge >= 0.3 is 0 Å². The van der Waals surface area contributed by atoms with Crippen LogP contribution in [0, 0.1) is 11.6 Å². The molecule has 2 aromatic rings. The number of halogens is 3. The van der Waals surface area contributed by atoms with Gasteiger partial charge in [0, 0.05) is 5.56 Å². The molecule has 0 aliphatic rings. The van der Waals surface area contributed by atoms with Gasteiger partial charge in [0.25, 0.3) is 0 Å².